The number of nitrogens with one attached hydrogen (secondary N) is 2. The van der Waals surface area contributed by atoms with Crippen LogP contribution in [-0.4, -0.2) is 55.7 Å². The highest BCUT2D eigenvalue weighted by atomic mass is 16.6. The summed E-state index contributed by atoms with van der Waals surface area (Å²) in [6.45, 7) is 8.84. The van der Waals surface area contributed by atoms with Gasteiger partial charge in [0.1, 0.15) is 11.8 Å². The molecule has 1 aromatic rings. The van der Waals surface area contributed by atoms with Crippen molar-refractivity contribution >= 4 is 23.8 Å². The maximum absolute atomic E-state index is 12.8. The third-order valence-electron chi connectivity index (χ3n) is 4.00. The lowest BCUT2D eigenvalue weighted by Crippen LogP contribution is -2.56. The number of benzene rings is 1. The van der Waals surface area contributed by atoms with Crippen molar-refractivity contribution in [3.8, 4) is 5.75 Å². The van der Waals surface area contributed by atoms with Crippen molar-refractivity contribution in [1.29, 1.82) is 0 Å². The predicted molar refractivity (Wildman–Crippen MR) is 109 cm³/mol. The largest absolute Gasteiger partial charge is 0.493 e. The van der Waals surface area contributed by atoms with Gasteiger partial charge in [-0.15, -0.1) is 0 Å². The molecule has 1 aromatic carbocycles. The fourth-order valence-electron chi connectivity index (χ4n) is 2.59. The van der Waals surface area contributed by atoms with Crippen LogP contribution < -0.4 is 15.4 Å². The van der Waals surface area contributed by atoms with Gasteiger partial charge in [0, 0.05) is 0 Å². The van der Waals surface area contributed by atoms with Crippen molar-refractivity contribution in [2.45, 2.75) is 46.7 Å². The van der Waals surface area contributed by atoms with Crippen molar-refractivity contribution in [1.82, 2.24) is 10.6 Å². The maximum Gasteiger partial charge on any atom is 0.340 e. The van der Waals surface area contributed by atoms with Crippen LogP contribution in [0.1, 0.15) is 45.0 Å². The van der Waals surface area contributed by atoms with Gasteiger partial charge in [-0.25, -0.2) is 9.59 Å². The Labute approximate surface area is 176 Å². The van der Waals surface area contributed by atoms with Crippen molar-refractivity contribution in [2.24, 2.45) is 5.92 Å². The third-order valence-corrected chi connectivity index (χ3v) is 4.00. The summed E-state index contributed by atoms with van der Waals surface area (Å²) in [5.74, 6) is -3.04. The highest BCUT2D eigenvalue weighted by molar-refractivity contribution is 6.04. The lowest BCUT2D eigenvalue weighted by atomic mass is 10.0. The van der Waals surface area contributed by atoms with Crippen LogP contribution in [0.5, 0.6) is 5.75 Å². The highest BCUT2D eigenvalue weighted by Gasteiger charge is 2.35. The van der Waals surface area contributed by atoms with Crippen LogP contribution in [0.3, 0.4) is 0 Å². The van der Waals surface area contributed by atoms with Crippen LogP contribution >= 0.6 is 0 Å². The van der Waals surface area contributed by atoms with Crippen molar-refractivity contribution in [3.05, 3.63) is 29.8 Å². The first-order valence-electron chi connectivity index (χ1n) is 9.92. The number of rotatable bonds is 11. The van der Waals surface area contributed by atoms with E-state index in [9.17, 15) is 19.2 Å². The van der Waals surface area contributed by atoms with E-state index in [0.29, 0.717) is 12.4 Å². The summed E-state index contributed by atoms with van der Waals surface area (Å²) < 4.78 is 15.2. The predicted octanol–water partition coefficient (Wildman–Crippen LogP) is 1.45. The van der Waals surface area contributed by atoms with Gasteiger partial charge in [0.25, 0.3) is 5.91 Å². The smallest absolute Gasteiger partial charge is 0.340 e. The molecule has 0 aromatic heterocycles. The number of esters is 2. The molecule has 1 rings (SSSR count). The summed E-state index contributed by atoms with van der Waals surface area (Å²) in [4.78, 5) is 49.8. The van der Waals surface area contributed by atoms with Crippen molar-refractivity contribution < 1.29 is 33.4 Å². The molecule has 0 spiro atoms. The Morgan fingerprint density at radius 3 is 1.93 bits per heavy atom. The van der Waals surface area contributed by atoms with E-state index in [1.807, 2.05) is 0 Å². The van der Waals surface area contributed by atoms with E-state index < -0.39 is 35.8 Å². The van der Waals surface area contributed by atoms with Gasteiger partial charge in [-0.2, -0.15) is 0 Å². The summed E-state index contributed by atoms with van der Waals surface area (Å²) in [6.07, 6.45) is 0. The number of carbonyl (C=O) groups excluding carboxylic acids is 4. The summed E-state index contributed by atoms with van der Waals surface area (Å²) in [5, 5.41) is 4.97. The monoisotopic (exact) mass is 422 g/mol. The average Bonchev–Trinajstić information content (AvgIpc) is 2.70. The van der Waals surface area contributed by atoms with Gasteiger partial charge in [-0.05, 0) is 38.8 Å². The normalized spacial score (nSPS) is 11.6. The minimum absolute atomic E-state index is 0.0309. The SMILES string of the molecule is CCOC(=O)C(NC(=O)[C@H](NC(=O)c1ccccc1OCC)C(C)C)C(=O)OCC. The Morgan fingerprint density at radius 2 is 1.43 bits per heavy atom. The maximum atomic E-state index is 12.8. The molecule has 0 bridgehead atoms. The lowest BCUT2D eigenvalue weighted by molar-refractivity contribution is -0.159. The number of carbonyl (C=O) groups is 4. The Hall–Kier alpha value is -3.10. The number of amides is 2. The molecule has 0 heterocycles. The molecule has 0 aliphatic rings. The quantitative estimate of drug-likeness (QED) is 0.409. The summed E-state index contributed by atoms with van der Waals surface area (Å²) in [6, 6.07) is 4.01. The first-order valence-corrected chi connectivity index (χ1v) is 9.92. The van der Waals surface area contributed by atoms with Crippen LogP contribution in [0.4, 0.5) is 0 Å². The second-order valence-electron chi connectivity index (χ2n) is 6.57. The van der Waals surface area contributed by atoms with Gasteiger partial charge in [0.15, 0.2) is 0 Å². The number of ether oxygens (including phenoxy) is 3. The Bertz CT molecular complexity index is 731. The highest BCUT2D eigenvalue weighted by Crippen LogP contribution is 2.18. The standard InChI is InChI=1S/C21H30N2O7/c1-6-28-15-12-10-9-11-14(15)18(24)22-16(13(4)5)19(25)23-17(20(26)29-7-2)21(27)30-8-3/h9-13,16-17H,6-8H2,1-5H3,(H,22,24)(H,23,25)/t16-/m1/s1. The van der Waals surface area contributed by atoms with Gasteiger partial charge in [-0.1, -0.05) is 26.0 Å². The molecule has 9 heteroatoms. The zero-order valence-electron chi connectivity index (χ0n) is 18.0. The van der Waals surface area contributed by atoms with E-state index in [-0.39, 0.29) is 24.7 Å². The fraction of sp³-hybridized carbons (Fsp3) is 0.524. The van der Waals surface area contributed by atoms with E-state index in [0.717, 1.165) is 0 Å². The zero-order valence-corrected chi connectivity index (χ0v) is 18.0. The Balaban J connectivity index is 3.02. The molecule has 166 valence electrons. The number of para-hydroxylation sites is 1. The van der Waals surface area contributed by atoms with Crippen molar-refractivity contribution in [3.63, 3.8) is 0 Å². The van der Waals surface area contributed by atoms with E-state index in [1.54, 1.807) is 58.9 Å². The second kappa shape index (κ2) is 12.5. The molecule has 0 saturated carbocycles. The van der Waals surface area contributed by atoms with Gasteiger partial charge >= 0.3 is 11.9 Å². The van der Waals surface area contributed by atoms with E-state index in [2.05, 4.69) is 10.6 Å². The minimum atomic E-state index is -1.62. The molecule has 0 saturated heterocycles. The molecule has 0 fully saturated rings. The molecule has 0 unspecified atom stereocenters. The van der Waals surface area contributed by atoms with Gasteiger partial charge in [0.2, 0.25) is 11.9 Å². The molecule has 0 aliphatic heterocycles. The molecule has 2 N–H and O–H groups in total. The number of hydrogen-bond acceptors (Lipinski definition) is 7. The van der Waals surface area contributed by atoms with Gasteiger partial charge < -0.3 is 24.8 Å². The molecule has 30 heavy (non-hydrogen) atoms. The van der Waals surface area contributed by atoms with E-state index in [1.165, 1.54) is 0 Å². The summed E-state index contributed by atoms with van der Waals surface area (Å²) in [5.41, 5.74) is 0.269. The molecular weight excluding hydrogens is 392 g/mol. The van der Waals surface area contributed by atoms with Crippen LogP contribution in [0.25, 0.3) is 0 Å². The first kappa shape index (κ1) is 24.9. The molecular formula is C21H30N2O7. The Kier molecular flexibility index (Phi) is 10.4. The molecule has 0 radical (unpaired) electrons. The molecule has 1 atom stereocenters. The second-order valence-corrected chi connectivity index (χ2v) is 6.57. The lowest BCUT2D eigenvalue weighted by Gasteiger charge is -2.24. The van der Waals surface area contributed by atoms with Gasteiger partial charge in [0.05, 0.1) is 25.4 Å². The minimum Gasteiger partial charge on any atom is -0.493 e. The molecule has 9 nitrogen and oxygen atoms in total. The average molecular weight is 422 g/mol. The van der Waals surface area contributed by atoms with Crippen LogP contribution in [0.2, 0.25) is 0 Å². The van der Waals surface area contributed by atoms with E-state index in [4.69, 9.17) is 14.2 Å². The summed E-state index contributed by atoms with van der Waals surface area (Å²) >= 11 is 0. The third kappa shape index (κ3) is 7.06. The van der Waals surface area contributed by atoms with Crippen molar-refractivity contribution in [2.75, 3.05) is 19.8 Å². The van der Waals surface area contributed by atoms with E-state index >= 15 is 0 Å². The van der Waals surface area contributed by atoms with Gasteiger partial charge in [-0.3, -0.25) is 9.59 Å². The van der Waals surface area contributed by atoms with Crippen LogP contribution in [-0.2, 0) is 23.9 Å². The molecule has 0 aliphatic carbocycles. The molecule has 2 amide bonds. The Morgan fingerprint density at radius 1 is 0.867 bits per heavy atom. The topological polar surface area (TPSA) is 120 Å². The van der Waals surface area contributed by atoms with Crippen LogP contribution in [0.15, 0.2) is 24.3 Å². The first-order chi connectivity index (χ1) is 14.3. The van der Waals surface area contributed by atoms with Crippen LogP contribution in [0, 0.1) is 5.92 Å². The number of hydrogen-bond donors (Lipinski definition) is 2. The zero-order chi connectivity index (χ0) is 22.7. The summed E-state index contributed by atoms with van der Waals surface area (Å²) in [7, 11) is 0. The fourth-order valence-corrected chi connectivity index (χ4v) is 2.59.